The molecule has 2 aromatic heterocycles. The Balaban J connectivity index is 2.09. The number of fused-ring (bicyclic) bond motifs is 6. The van der Waals surface area contributed by atoms with Crippen molar-refractivity contribution in [2.75, 3.05) is 0 Å². The molecule has 5 aromatic rings. The number of furan rings is 1. The van der Waals surface area contributed by atoms with Gasteiger partial charge in [0.25, 0.3) is 0 Å². The summed E-state index contributed by atoms with van der Waals surface area (Å²) in [5, 5.41) is 4.61. The maximum atomic E-state index is 5.94. The molecule has 0 amide bonds. The highest BCUT2D eigenvalue weighted by Crippen LogP contribution is 2.34. The number of hydrogen-bond donors (Lipinski definition) is 0. The van der Waals surface area contributed by atoms with E-state index in [1.807, 2.05) is 48.5 Å². The zero-order valence-corrected chi connectivity index (χ0v) is 11.2. The summed E-state index contributed by atoms with van der Waals surface area (Å²) in [5.41, 5.74) is 3.87. The SMILES string of the molecule is c1ccc2nc3ccc4oc5ccccc5c4c3cc2c1. The van der Waals surface area contributed by atoms with Crippen LogP contribution in [0, 0.1) is 0 Å². The molecule has 0 saturated carbocycles. The maximum Gasteiger partial charge on any atom is 0.136 e. The molecule has 0 unspecified atom stereocenters. The van der Waals surface area contributed by atoms with Gasteiger partial charge in [-0.05, 0) is 30.3 Å². The summed E-state index contributed by atoms with van der Waals surface area (Å²) < 4.78 is 5.94. The van der Waals surface area contributed by atoms with Crippen molar-refractivity contribution in [2.24, 2.45) is 0 Å². The predicted molar refractivity (Wildman–Crippen MR) is 86.5 cm³/mol. The molecule has 2 heterocycles. The minimum absolute atomic E-state index is 0.917. The third-order valence-corrected chi connectivity index (χ3v) is 4.04. The molecule has 0 aliphatic carbocycles. The highest BCUT2D eigenvalue weighted by atomic mass is 16.3. The van der Waals surface area contributed by atoms with Crippen molar-refractivity contribution in [3.8, 4) is 0 Å². The van der Waals surface area contributed by atoms with Crippen LogP contribution in [0.5, 0.6) is 0 Å². The molecule has 0 radical (unpaired) electrons. The zero-order valence-electron chi connectivity index (χ0n) is 11.2. The Morgan fingerprint density at radius 3 is 2.52 bits per heavy atom. The molecule has 98 valence electrons. The van der Waals surface area contributed by atoms with Crippen molar-refractivity contribution >= 4 is 43.7 Å². The number of aromatic nitrogens is 1. The second kappa shape index (κ2) is 3.83. The zero-order chi connectivity index (χ0) is 13.8. The Bertz CT molecular complexity index is 1140. The third-order valence-electron chi connectivity index (χ3n) is 4.04. The molecule has 0 bridgehead atoms. The van der Waals surface area contributed by atoms with E-state index < -0.39 is 0 Å². The van der Waals surface area contributed by atoms with Crippen LogP contribution in [0.25, 0.3) is 43.7 Å². The molecule has 3 aromatic carbocycles. The number of para-hydroxylation sites is 2. The molecule has 0 aliphatic heterocycles. The van der Waals surface area contributed by atoms with Gasteiger partial charge in [-0.25, -0.2) is 4.98 Å². The molecule has 2 heteroatoms. The number of hydrogen-bond acceptors (Lipinski definition) is 2. The summed E-state index contributed by atoms with van der Waals surface area (Å²) in [7, 11) is 0. The highest BCUT2D eigenvalue weighted by Gasteiger charge is 2.11. The van der Waals surface area contributed by atoms with Crippen LogP contribution in [0.4, 0.5) is 0 Å². The van der Waals surface area contributed by atoms with Gasteiger partial charge in [-0.15, -0.1) is 0 Å². The van der Waals surface area contributed by atoms with Gasteiger partial charge in [-0.2, -0.15) is 0 Å². The van der Waals surface area contributed by atoms with Crippen molar-refractivity contribution in [2.45, 2.75) is 0 Å². The lowest BCUT2D eigenvalue weighted by molar-refractivity contribution is 0.669. The molecule has 2 nitrogen and oxygen atoms in total. The van der Waals surface area contributed by atoms with Crippen LogP contribution in [0.1, 0.15) is 0 Å². The summed E-state index contributed by atoms with van der Waals surface area (Å²) in [5.74, 6) is 0. The van der Waals surface area contributed by atoms with Crippen LogP contribution in [0.3, 0.4) is 0 Å². The Morgan fingerprint density at radius 1 is 0.667 bits per heavy atom. The standard InChI is InChI=1S/C19H11NO/c1-3-7-15-12(5-1)11-14-16(20-15)9-10-18-19(14)13-6-2-4-8-17(13)21-18/h1-11H. The Morgan fingerprint density at radius 2 is 1.52 bits per heavy atom. The summed E-state index contributed by atoms with van der Waals surface area (Å²) in [4.78, 5) is 4.77. The summed E-state index contributed by atoms with van der Waals surface area (Å²) in [6, 6.07) is 22.6. The van der Waals surface area contributed by atoms with Crippen molar-refractivity contribution in [3.63, 3.8) is 0 Å². The van der Waals surface area contributed by atoms with Crippen LogP contribution in [0.2, 0.25) is 0 Å². The van der Waals surface area contributed by atoms with E-state index in [0.717, 1.165) is 43.7 Å². The molecular weight excluding hydrogens is 258 g/mol. The molecule has 0 fully saturated rings. The lowest BCUT2D eigenvalue weighted by Crippen LogP contribution is -1.82. The van der Waals surface area contributed by atoms with E-state index in [4.69, 9.17) is 9.40 Å². The first-order chi connectivity index (χ1) is 10.4. The topological polar surface area (TPSA) is 26.0 Å². The largest absolute Gasteiger partial charge is 0.456 e. The van der Waals surface area contributed by atoms with Crippen molar-refractivity contribution in [1.29, 1.82) is 0 Å². The number of pyridine rings is 1. The van der Waals surface area contributed by atoms with Gasteiger partial charge in [0, 0.05) is 21.5 Å². The van der Waals surface area contributed by atoms with Gasteiger partial charge in [-0.3, -0.25) is 0 Å². The smallest absolute Gasteiger partial charge is 0.136 e. The first-order valence-electron chi connectivity index (χ1n) is 7.00. The minimum atomic E-state index is 0.917. The fourth-order valence-corrected chi connectivity index (χ4v) is 3.07. The van der Waals surface area contributed by atoms with Gasteiger partial charge in [0.05, 0.1) is 11.0 Å². The Hall–Kier alpha value is -2.87. The van der Waals surface area contributed by atoms with E-state index in [0.29, 0.717) is 0 Å². The van der Waals surface area contributed by atoms with Gasteiger partial charge in [0.2, 0.25) is 0 Å². The first-order valence-corrected chi connectivity index (χ1v) is 7.00. The van der Waals surface area contributed by atoms with Crippen LogP contribution in [-0.4, -0.2) is 4.98 Å². The lowest BCUT2D eigenvalue weighted by Gasteiger charge is -2.02. The van der Waals surface area contributed by atoms with E-state index >= 15 is 0 Å². The summed E-state index contributed by atoms with van der Waals surface area (Å²) in [6.45, 7) is 0. The molecule has 5 rings (SSSR count). The average Bonchev–Trinajstić information content (AvgIpc) is 2.92. The van der Waals surface area contributed by atoms with Crippen molar-refractivity contribution in [1.82, 2.24) is 4.98 Å². The second-order valence-corrected chi connectivity index (χ2v) is 5.28. The predicted octanol–water partition coefficient (Wildman–Crippen LogP) is 5.29. The van der Waals surface area contributed by atoms with E-state index in [9.17, 15) is 0 Å². The van der Waals surface area contributed by atoms with E-state index in [2.05, 4.69) is 18.2 Å². The molecule has 0 saturated heterocycles. The number of benzene rings is 3. The molecule has 0 atom stereocenters. The fraction of sp³-hybridized carbons (Fsp3) is 0. The van der Waals surface area contributed by atoms with Crippen LogP contribution >= 0.6 is 0 Å². The van der Waals surface area contributed by atoms with Gasteiger partial charge in [0.15, 0.2) is 0 Å². The number of nitrogens with zero attached hydrogens (tertiary/aromatic N) is 1. The molecule has 0 N–H and O–H groups in total. The van der Waals surface area contributed by atoms with Crippen molar-refractivity contribution in [3.05, 3.63) is 66.7 Å². The minimum Gasteiger partial charge on any atom is -0.456 e. The van der Waals surface area contributed by atoms with Gasteiger partial charge >= 0.3 is 0 Å². The fourth-order valence-electron chi connectivity index (χ4n) is 3.07. The normalized spacial score (nSPS) is 11.8. The van der Waals surface area contributed by atoms with Gasteiger partial charge in [0.1, 0.15) is 11.2 Å². The second-order valence-electron chi connectivity index (χ2n) is 5.28. The molecule has 0 spiro atoms. The molecule has 21 heavy (non-hydrogen) atoms. The lowest BCUT2D eigenvalue weighted by atomic mass is 10.0. The quantitative estimate of drug-likeness (QED) is 0.357. The van der Waals surface area contributed by atoms with Gasteiger partial charge in [-0.1, -0.05) is 36.4 Å². The van der Waals surface area contributed by atoms with E-state index in [-0.39, 0.29) is 0 Å². The van der Waals surface area contributed by atoms with Crippen LogP contribution in [-0.2, 0) is 0 Å². The number of rotatable bonds is 0. The van der Waals surface area contributed by atoms with Crippen LogP contribution in [0.15, 0.2) is 71.1 Å². The molecule has 0 aliphatic rings. The highest BCUT2D eigenvalue weighted by molar-refractivity contribution is 6.19. The molecular formula is C19H11NO. The Labute approximate surface area is 120 Å². The summed E-state index contributed by atoms with van der Waals surface area (Å²) in [6.07, 6.45) is 0. The van der Waals surface area contributed by atoms with Gasteiger partial charge < -0.3 is 4.42 Å². The maximum absolute atomic E-state index is 5.94. The van der Waals surface area contributed by atoms with Crippen LogP contribution < -0.4 is 0 Å². The monoisotopic (exact) mass is 269 g/mol. The van der Waals surface area contributed by atoms with E-state index in [1.165, 1.54) is 0 Å². The summed E-state index contributed by atoms with van der Waals surface area (Å²) >= 11 is 0. The third kappa shape index (κ3) is 1.44. The van der Waals surface area contributed by atoms with E-state index in [1.54, 1.807) is 0 Å². The first kappa shape index (κ1) is 10.9. The average molecular weight is 269 g/mol. The van der Waals surface area contributed by atoms with Crippen molar-refractivity contribution < 1.29 is 4.42 Å². The Kier molecular flexibility index (Phi) is 1.98.